The molecule has 0 aromatic rings. The van der Waals surface area contributed by atoms with Crippen molar-refractivity contribution in [2.24, 2.45) is 52.3 Å². The Kier molecular flexibility index (Phi) is 9.18. The molecule has 9 atom stereocenters. The Hall–Kier alpha value is -0.0400. The molecule has 0 aliphatic heterocycles. The molecule has 1 unspecified atom stereocenters. The lowest BCUT2D eigenvalue weighted by Crippen LogP contribution is -2.54. The monoisotopic (exact) mass is 472 g/mol. The minimum absolute atomic E-state index is 0.0104. The number of rotatable bonds is 11. The number of unbranched alkanes of at least 4 members (excludes halogenated alkanes) is 2. The zero-order valence-electron chi connectivity index (χ0n) is 23.8. The van der Waals surface area contributed by atoms with Crippen molar-refractivity contribution in [3.05, 3.63) is 0 Å². The molecule has 1 heteroatoms. The smallest absolute Gasteiger partial charge is 0.0543 e. The quantitative estimate of drug-likeness (QED) is 0.317. The number of hydrogen-bond donors (Lipinski definition) is 1. The standard InChI is InChI=1S/C33H60O/c1-6-8-12-25(13-9-7-2)14-10-11-24(3)29-17-18-30-28-16-15-26-23-27(34)19-21-32(26,4)31(28)20-22-33(29,30)5/h24-31,34H,6-23H2,1-5H3/t24-,26?,27+,28+,29-,30+,31+,32+,33-/m1/s1. The second-order valence-electron chi connectivity index (χ2n) is 14.4. The Bertz CT molecular complexity index is 620. The molecule has 0 amide bonds. The molecule has 4 rings (SSSR count). The first-order chi connectivity index (χ1) is 16.3. The largest absolute Gasteiger partial charge is 0.393 e. The summed E-state index contributed by atoms with van der Waals surface area (Å²) in [7, 11) is 0. The predicted molar refractivity (Wildman–Crippen MR) is 147 cm³/mol. The van der Waals surface area contributed by atoms with Crippen LogP contribution in [0.1, 0.15) is 150 Å². The summed E-state index contributed by atoms with van der Waals surface area (Å²) < 4.78 is 0. The van der Waals surface area contributed by atoms with Gasteiger partial charge in [0.1, 0.15) is 0 Å². The van der Waals surface area contributed by atoms with E-state index in [0.717, 1.165) is 54.3 Å². The van der Waals surface area contributed by atoms with Gasteiger partial charge < -0.3 is 5.11 Å². The van der Waals surface area contributed by atoms with Gasteiger partial charge in [-0.05, 0) is 110 Å². The van der Waals surface area contributed by atoms with E-state index in [-0.39, 0.29) is 6.10 Å². The van der Waals surface area contributed by atoms with Crippen molar-refractivity contribution in [2.45, 2.75) is 156 Å². The number of aliphatic hydroxyl groups excluding tert-OH is 1. The molecule has 4 aliphatic rings. The van der Waals surface area contributed by atoms with Gasteiger partial charge in [0.25, 0.3) is 0 Å². The summed E-state index contributed by atoms with van der Waals surface area (Å²) in [4.78, 5) is 0. The van der Waals surface area contributed by atoms with E-state index in [4.69, 9.17) is 0 Å². The van der Waals surface area contributed by atoms with Crippen LogP contribution < -0.4 is 0 Å². The van der Waals surface area contributed by atoms with E-state index in [1.165, 1.54) is 103 Å². The molecule has 198 valence electrons. The van der Waals surface area contributed by atoms with Crippen LogP contribution in [-0.4, -0.2) is 11.2 Å². The molecule has 1 N–H and O–H groups in total. The van der Waals surface area contributed by atoms with Crippen molar-refractivity contribution in [3.63, 3.8) is 0 Å². The van der Waals surface area contributed by atoms with Gasteiger partial charge in [-0.1, -0.05) is 92.4 Å². The summed E-state index contributed by atoms with van der Waals surface area (Å²) in [6.45, 7) is 12.7. The van der Waals surface area contributed by atoms with Crippen LogP contribution in [0.15, 0.2) is 0 Å². The molecule has 0 radical (unpaired) electrons. The number of fused-ring (bicyclic) bond motifs is 5. The molecule has 0 heterocycles. The molecule has 4 saturated carbocycles. The van der Waals surface area contributed by atoms with Crippen LogP contribution in [0.3, 0.4) is 0 Å². The Morgan fingerprint density at radius 2 is 1.38 bits per heavy atom. The molecule has 0 bridgehead atoms. The third-order valence-electron chi connectivity index (χ3n) is 12.6. The lowest BCUT2D eigenvalue weighted by atomic mass is 9.44. The number of hydrogen-bond acceptors (Lipinski definition) is 1. The fourth-order valence-corrected chi connectivity index (χ4v) is 10.6. The van der Waals surface area contributed by atoms with Gasteiger partial charge in [-0.15, -0.1) is 0 Å². The zero-order chi connectivity index (χ0) is 24.3. The highest BCUT2D eigenvalue weighted by Crippen LogP contribution is 2.68. The molecule has 0 saturated heterocycles. The van der Waals surface area contributed by atoms with Crippen molar-refractivity contribution in [1.29, 1.82) is 0 Å². The number of aliphatic hydroxyl groups is 1. The Labute approximate surface area is 213 Å². The lowest BCUT2D eigenvalue weighted by molar-refractivity contribution is -0.129. The average Bonchev–Trinajstić information content (AvgIpc) is 3.18. The van der Waals surface area contributed by atoms with Crippen LogP contribution >= 0.6 is 0 Å². The van der Waals surface area contributed by atoms with E-state index < -0.39 is 0 Å². The van der Waals surface area contributed by atoms with Gasteiger partial charge in [0.05, 0.1) is 6.10 Å². The fourth-order valence-electron chi connectivity index (χ4n) is 10.6. The van der Waals surface area contributed by atoms with Crippen molar-refractivity contribution >= 4 is 0 Å². The van der Waals surface area contributed by atoms with Crippen LogP contribution in [0.2, 0.25) is 0 Å². The lowest BCUT2D eigenvalue weighted by Gasteiger charge is -2.61. The summed E-state index contributed by atoms with van der Waals surface area (Å²) in [5, 5.41) is 10.3. The van der Waals surface area contributed by atoms with E-state index >= 15 is 0 Å². The van der Waals surface area contributed by atoms with E-state index in [1.807, 2.05) is 0 Å². The second kappa shape index (κ2) is 11.6. The van der Waals surface area contributed by atoms with Crippen LogP contribution in [0.4, 0.5) is 0 Å². The SMILES string of the molecule is CCCCC(CCCC)CCC[C@@H](C)[C@H]1CC[C@H]2[C@@H]3CCC4C[C@@H](O)CC[C@]4(C)[C@H]3CC[C@]12C. The zero-order valence-corrected chi connectivity index (χ0v) is 23.8. The van der Waals surface area contributed by atoms with E-state index in [1.54, 1.807) is 0 Å². The molecule has 0 spiro atoms. The van der Waals surface area contributed by atoms with Gasteiger partial charge in [-0.3, -0.25) is 0 Å². The molecule has 4 aliphatic carbocycles. The van der Waals surface area contributed by atoms with Crippen molar-refractivity contribution in [2.75, 3.05) is 0 Å². The molecule has 0 aromatic carbocycles. The maximum Gasteiger partial charge on any atom is 0.0543 e. The second-order valence-corrected chi connectivity index (χ2v) is 14.4. The normalized spacial score (nSPS) is 42.8. The predicted octanol–water partition coefficient (Wildman–Crippen LogP) is 9.81. The molecule has 4 fully saturated rings. The average molecular weight is 473 g/mol. The maximum atomic E-state index is 10.3. The van der Waals surface area contributed by atoms with E-state index in [2.05, 4.69) is 34.6 Å². The fraction of sp³-hybridized carbons (Fsp3) is 1.00. The summed E-state index contributed by atoms with van der Waals surface area (Å²) in [5.74, 6) is 6.61. The van der Waals surface area contributed by atoms with Crippen molar-refractivity contribution in [1.82, 2.24) is 0 Å². The van der Waals surface area contributed by atoms with E-state index in [9.17, 15) is 5.11 Å². The van der Waals surface area contributed by atoms with E-state index in [0.29, 0.717) is 10.8 Å². The molecular formula is C33H60O. The van der Waals surface area contributed by atoms with Crippen LogP contribution in [0, 0.1) is 52.3 Å². The van der Waals surface area contributed by atoms with Gasteiger partial charge in [0.2, 0.25) is 0 Å². The van der Waals surface area contributed by atoms with Gasteiger partial charge >= 0.3 is 0 Å². The van der Waals surface area contributed by atoms with Crippen molar-refractivity contribution < 1.29 is 5.11 Å². The first-order valence-corrected chi connectivity index (χ1v) is 16.0. The minimum Gasteiger partial charge on any atom is -0.393 e. The molecule has 0 aromatic heterocycles. The van der Waals surface area contributed by atoms with Gasteiger partial charge in [-0.25, -0.2) is 0 Å². The molecule has 34 heavy (non-hydrogen) atoms. The van der Waals surface area contributed by atoms with Gasteiger partial charge in [-0.2, -0.15) is 0 Å². The molecule has 1 nitrogen and oxygen atoms in total. The first kappa shape index (κ1) is 27.0. The van der Waals surface area contributed by atoms with Crippen LogP contribution in [0.5, 0.6) is 0 Å². The summed E-state index contributed by atoms with van der Waals surface area (Å²) in [6, 6.07) is 0. The van der Waals surface area contributed by atoms with Crippen LogP contribution in [0.25, 0.3) is 0 Å². The van der Waals surface area contributed by atoms with Gasteiger partial charge in [0, 0.05) is 0 Å². The highest BCUT2D eigenvalue weighted by atomic mass is 16.3. The topological polar surface area (TPSA) is 20.2 Å². The summed E-state index contributed by atoms with van der Waals surface area (Å²) in [5.41, 5.74) is 1.14. The Morgan fingerprint density at radius 1 is 0.735 bits per heavy atom. The summed E-state index contributed by atoms with van der Waals surface area (Å²) >= 11 is 0. The Morgan fingerprint density at radius 3 is 2.09 bits per heavy atom. The van der Waals surface area contributed by atoms with Crippen LogP contribution in [-0.2, 0) is 0 Å². The first-order valence-electron chi connectivity index (χ1n) is 16.0. The maximum absolute atomic E-state index is 10.3. The third-order valence-corrected chi connectivity index (χ3v) is 12.6. The van der Waals surface area contributed by atoms with Gasteiger partial charge in [0.15, 0.2) is 0 Å². The Balaban J connectivity index is 1.34. The minimum atomic E-state index is -0.0104. The molecular weight excluding hydrogens is 412 g/mol. The third kappa shape index (κ3) is 5.31. The summed E-state index contributed by atoms with van der Waals surface area (Å²) in [6.07, 6.45) is 25.3. The highest BCUT2D eigenvalue weighted by molar-refractivity contribution is 5.09. The van der Waals surface area contributed by atoms with Crippen molar-refractivity contribution in [3.8, 4) is 0 Å². The highest BCUT2D eigenvalue weighted by Gasteiger charge is 2.60.